The Morgan fingerprint density at radius 2 is 1.66 bits per heavy atom. The van der Waals surface area contributed by atoms with Crippen LogP contribution in [0.2, 0.25) is 0 Å². The Kier molecular flexibility index (Phi) is 6.24. The minimum Gasteiger partial charge on any atom is -0.497 e. The van der Waals surface area contributed by atoms with Crippen molar-refractivity contribution < 1.29 is 35.9 Å². The molecule has 0 aliphatic carbocycles. The third-order valence-electron chi connectivity index (χ3n) is 5.42. The first-order valence-electron chi connectivity index (χ1n) is 10.1. The Morgan fingerprint density at radius 1 is 1.00 bits per heavy atom. The Bertz CT molecular complexity index is 1370. The molecule has 0 saturated carbocycles. The van der Waals surface area contributed by atoms with Gasteiger partial charge in [0.05, 0.1) is 17.7 Å². The number of nitrogens with zero attached hydrogens (tertiary/aromatic N) is 3. The van der Waals surface area contributed by atoms with Crippen LogP contribution in [0, 0.1) is 0 Å². The number of imide groups is 1. The summed E-state index contributed by atoms with van der Waals surface area (Å²) in [4.78, 5) is 30.8. The summed E-state index contributed by atoms with van der Waals surface area (Å²) >= 11 is 0. The highest BCUT2D eigenvalue weighted by Gasteiger charge is 2.47. The Balaban J connectivity index is 1.57. The predicted octanol–water partition coefficient (Wildman–Crippen LogP) is 4.02. The highest BCUT2D eigenvalue weighted by atomic mass is 32.2. The van der Waals surface area contributed by atoms with Gasteiger partial charge in [0.1, 0.15) is 12.3 Å². The second-order valence-electron chi connectivity index (χ2n) is 7.57. The van der Waals surface area contributed by atoms with E-state index in [1.165, 1.54) is 4.90 Å². The number of benzene rings is 2. The monoisotopic (exact) mass is 505 g/mol. The van der Waals surface area contributed by atoms with E-state index in [4.69, 9.17) is 4.74 Å². The Labute approximate surface area is 198 Å². The van der Waals surface area contributed by atoms with Crippen LogP contribution in [-0.4, -0.2) is 49.4 Å². The Hall–Kier alpha value is -3.93. The Morgan fingerprint density at radius 3 is 2.26 bits per heavy atom. The summed E-state index contributed by atoms with van der Waals surface area (Å²) in [6, 6.07) is 11.7. The molecule has 3 amide bonds. The average Bonchev–Trinajstić information content (AvgIpc) is 3.11. The second-order valence-corrected chi connectivity index (χ2v) is 9.51. The normalized spacial score (nSPS) is 14.5. The molecule has 1 saturated heterocycles. The number of amides is 3. The summed E-state index contributed by atoms with van der Waals surface area (Å²) < 4.78 is 66.6. The van der Waals surface area contributed by atoms with Crippen LogP contribution in [0.4, 0.5) is 23.7 Å². The van der Waals surface area contributed by atoms with Gasteiger partial charge in [0.25, 0.3) is 15.7 Å². The number of pyridine rings is 1. The SMILES string of the molecule is COc1ccc(-c2cnccc2CN2CC(=O)N(c3ccc(S(=O)(=O)C(F)(F)F)cc3)C2=O)cc1. The standard InChI is InChI=1S/C23H18F3N3O5S/c1-34-18-6-2-15(3-7-18)20-12-27-11-10-16(20)13-28-14-21(30)29(22(28)31)17-4-8-19(9-5-17)35(32,33)23(24,25)26/h2-12H,13-14H2,1H3. The molecule has 1 fully saturated rings. The fourth-order valence-corrected chi connectivity index (χ4v) is 4.39. The van der Waals surface area contributed by atoms with Gasteiger partial charge in [0, 0.05) is 24.5 Å². The van der Waals surface area contributed by atoms with E-state index in [0.717, 1.165) is 33.7 Å². The number of hydrogen-bond acceptors (Lipinski definition) is 6. The van der Waals surface area contributed by atoms with E-state index in [-0.39, 0.29) is 18.8 Å². The van der Waals surface area contributed by atoms with Crippen molar-refractivity contribution in [2.45, 2.75) is 16.9 Å². The fourth-order valence-electron chi connectivity index (χ4n) is 3.63. The number of anilines is 1. The lowest BCUT2D eigenvalue weighted by Crippen LogP contribution is -2.33. The van der Waals surface area contributed by atoms with Crippen molar-refractivity contribution in [2.75, 3.05) is 18.6 Å². The van der Waals surface area contributed by atoms with Crippen molar-refractivity contribution in [1.29, 1.82) is 0 Å². The third kappa shape index (κ3) is 4.56. The highest BCUT2D eigenvalue weighted by Crippen LogP contribution is 2.32. The van der Waals surface area contributed by atoms with Gasteiger partial charge in [-0.15, -0.1) is 0 Å². The zero-order chi connectivity index (χ0) is 25.4. The van der Waals surface area contributed by atoms with E-state index in [1.807, 2.05) is 12.1 Å². The molecule has 0 atom stereocenters. The van der Waals surface area contributed by atoms with Crippen LogP contribution in [0.3, 0.4) is 0 Å². The van der Waals surface area contributed by atoms with Crippen LogP contribution >= 0.6 is 0 Å². The summed E-state index contributed by atoms with van der Waals surface area (Å²) in [6.45, 7) is -0.183. The van der Waals surface area contributed by atoms with Gasteiger partial charge in [-0.05, 0) is 53.6 Å². The van der Waals surface area contributed by atoms with Crippen molar-refractivity contribution >= 4 is 27.5 Å². The van der Waals surface area contributed by atoms with Crippen molar-refractivity contribution in [2.24, 2.45) is 0 Å². The molecule has 182 valence electrons. The minimum atomic E-state index is -5.54. The number of methoxy groups -OCH3 is 1. The van der Waals surface area contributed by atoms with Gasteiger partial charge in [0.2, 0.25) is 0 Å². The number of ether oxygens (including phenoxy) is 1. The lowest BCUT2D eigenvalue weighted by Gasteiger charge is -2.19. The summed E-state index contributed by atoms with van der Waals surface area (Å²) in [5.41, 5.74) is -3.20. The van der Waals surface area contributed by atoms with Gasteiger partial charge in [0.15, 0.2) is 0 Å². The molecular weight excluding hydrogens is 487 g/mol. The molecule has 2 aromatic carbocycles. The van der Waals surface area contributed by atoms with Crippen molar-refractivity contribution in [3.63, 3.8) is 0 Å². The zero-order valence-electron chi connectivity index (χ0n) is 18.2. The third-order valence-corrected chi connectivity index (χ3v) is 6.92. The first kappa shape index (κ1) is 24.2. The van der Waals surface area contributed by atoms with Gasteiger partial charge in [-0.3, -0.25) is 9.78 Å². The second kappa shape index (κ2) is 9.02. The van der Waals surface area contributed by atoms with Gasteiger partial charge in [-0.2, -0.15) is 13.2 Å². The first-order valence-corrected chi connectivity index (χ1v) is 11.6. The van der Waals surface area contributed by atoms with Crippen molar-refractivity contribution in [3.8, 4) is 16.9 Å². The van der Waals surface area contributed by atoms with E-state index >= 15 is 0 Å². The number of aromatic nitrogens is 1. The summed E-state index contributed by atoms with van der Waals surface area (Å²) in [5, 5.41) is 0. The quantitative estimate of drug-likeness (QED) is 0.470. The number of sulfone groups is 1. The maximum atomic E-state index is 13.0. The molecule has 1 aliphatic heterocycles. The van der Waals surface area contributed by atoms with Gasteiger partial charge in [-0.25, -0.2) is 18.1 Å². The zero-order valence-corrected chi connectivity index (χ0v) is 19.0. The fraction of sp³-hybridized carbons (Fsp3) is 0.174. The van der Waals surface area contributed by atoms with E-state index < -0.39 is 32.2 Å². The summed E-state index contributed by atoms with van der Waals surface area (Å²) in [7, 11) is -3.99. The van der Waals surface area contributed by atoms with E-state index in [0.29, 0.717) is 17.9 Å². The lowest BCUT2D eigenvalue weighted by molar-refractivity contribution is -0.116. The predicted molar refractivity (Wildman–Crippen MR) is 119 cm³/mol. The molecule has 8 nitrogen and oxygen atoms in total. The van der Waals surface area contributed by atoms with E-state index in [2.05, 4.69) is 4.98 Å². The van der Waals surface area contributed by atoms with Crippen LogP contribution in [-0.2, 0) is 21.2 Å². The number of urea groups is 1. The van der Waals surface area contributed by atoms with Crippen LogP contribution in [0.25, 0.3) is 11.1 Å². The van der Waals surface area contributed by atoms with Crippen LogP contribution in [0.15, 0.2) is 71.9 Å². The molecule has 0 unspecified atom stereocenters. The van der Waals surface area contributed by atoms with E-state index in [9.17, 15) is 31.2 Å². The van der Waals surface area contributed by atoms with Gasteiger partial charge < -0.3 is 9.64 Å². The van der Waals surface area contributed by atoms with Gasteiger partial charge in [-0.1, -0.05) is 12.1 Å². The lowest BCUT2D eigenvalue weighted by atomic mass is 10.0. The summed E-state index contributed by atoms with van der Waals surface area (Å²) in [5.74, 6) is 0.0747. The van der Waals surface area contributed by atoms with Crippen LogP contribution in [0.1, 0.15) is 5.56 Å². The number of carbonyl (C=O) groups is 2. The smallest absolute Gasteiger partial charge is 0.497 e. The van der Waals surface area contributed by atoms with Crippen LogP contribution < -0.4 is 9.64 Å². The molecule has 1 aromatic heterocycles. The molecule has 4 rings (SSSR count). The molecule has 1 aliphatic rings. The molecule has 0 radical (unpaired) electrons. The number of hydrogen-bond donors (Lipinski definition) is 0. The van der Waals surface area contributed by atoms with Gasteiger partial charge >= 0.3 is 11.5 Å². The molecule has 12 heteroatoms. The average molecular weight is 505 g/mol. The van der Waals surface area contributed by atoms with Crippen molar-refractivity contribution in [3.05, 3.63) is 72.6 Å². The number of rotatable bonds is 6. The number of halogens is 3. The molecule has 0 N–H and O–H groups in total. The largest absolute Gasteiger partial charge is 0.501 e. The summed E-state index contributed by atoms with van der Waals surface area (Å²) in [6.07, 6.45) is 3.19. The maximum Gasteiger partial charge on any atom is 0.501 e. The highest BCUT2D eigenvalue weighted by molar-refractivity contribution is 7.92. The molecule has 35 heavy (non-hydrogen) atoms. The molecule has 2 heterocycles. The molecular formula is C23H18F3N3O5S. The van der Waals surface area contributed by atoms with E-state index in [1.54, 1.807) is 37.7 Å². The minimum absolute atomic E-state index is 0.0336. The molecule has 0 bridgehead atoms. The number of carbonyl (C=O) groups excluding carboxylic acids is 2. The van der Waals surface area contributed by atoms with Crippen LogP contribution in [0.5, 0.6) is 5.75 Å². The maximum absolute atomic E-state index is 13.0. The molecule has 0 spiro atoms. The first-order chi connectivity index (χ1) is 16.5. The molecule has 3 aromatic rings. The van der Waals surface area contributed by atoms with Crippen molar-refractivity contribution in [1.82, 2.24) is 9.88 Å². The number of alkyl halides is 3. The topological polar surface area (TPSA) is 96.9 Å².